The highest BCUT2D eigenvalue weighted by atomic mass is 35.5. The first-order valence-electron chi connectivity index (χ1n) is 7.68. The second-order valence-electron chi connectivity index (χ2n) is 5.81. The molecule has 3 aromatic rings. The van der Waals surface area contributed by atoms with Crippen molar-refractivity contribution in [1.82, 2.24) is 0 Å². The molecular weight excluding hydrogens is 392 g/mol. The zero-order chi connectivity index (χ0) is 18.9. The van der Waals surface area contributed by atoms with Crippen LogP contribution in [0.4, 0.5) is 0 Å². The number of sulfone groups is 1. The van der Waals surface area contributed by atoms with Crippen LogP contribution in [0, 0.1) is 6.92 Å². The highest BCUT2D eigenvalue weighted by Crippen LogP contribution is 2.34. The standard InChI is InChI=1S/C19H15ClO4S2/c1-12-9-15(20)7-8-17(12)26(23,24)11-14-10-16(25-18(14)19(21)22)13-5-3-2-4-6-13/h2-10H,11H2,1H3,(H,21,22). The van der Waals surface area contributed by atoms with Gasteiger partial charge < -0.3 is 5.11 Å². The smallest absolute Gasteiger partial charge is 0.346 e. The fourth-order valence-corrected chi connectivity index (χ4v) is 5.67. The fraction of sp³-hybridized carbons (Fsp3) is 0.105. The van der Waals surface area contributed by atoms with Crippen molar-refractivity contribution in [3.63, 3.8) is 0 Å². The molecular formula is C19H15ClO4S2. The van der Waals surface area contributed by atoms with Crippen molar-refractivity contribution in [3.8, 4) is 10.4 Å². The average molecular weight is 407 g/mol. The molecule has 0 amide bonds. The molecule has 0 spiro atoms. The van der Waals surface area contributed by atoms with Crippen molar-refractivity contribution in [3.05, 3.63) is 75.6 Å². The molecule has 0 radical (unpaired) electrons. The Balaban J connectivity index is 2.03. The number of halogens is 1. The van der Waals surface area contributed by atoms with E-state index in [9.17, 15) is 18.3 Å². The predicted octanol–water partition coefficient (Wildman–Crippen LogP) is 5.05. The summed E-state index contributed by atoms with van der Waals surface area (Å²) in [6.07, 6.45) is 0. The molecule has 0 unspecified atom stereocenters. The van der Waals surface area contributed by atoms with Crippen LogP contribution < -0.4 is 0 Å². The lowest BCUT2D eigenvalue weighted by Gasteiger charge is -2.08. The van der Waals surface area contributed by atoms with Crippen molar-refractivity contribution < 1.29 is 18.3 Å². The minimum atomic E-state index is -3.70. The lowest BCUT2D eigenvalue weighted by atomic mass is 10.1. The van der Waals surface area contributed by atoms with E-state index in [1.165, 1.54) is 12.1 Å². The fourth-order valence-electron chi connectivity index (χ4n) is 2.71. The number of thiophene rings is 1. The number of aryl methyl sites for hydroxylation is 1. The maximum Gasteiger partial charge on any atom is 0.346 e. The van der Waals surface area contributed by atoms with Crippen molar-refractivity contribution in [2.75, 3.05) is 0 Å². The molecule has 2 aromatic carbocycles. The van der Waals surface area contributed by atoms with Gasteiger partial charge in [0, 0.05) is 9.90 Å². The minimum Gasteiger partial charge on any atom is -0.477 e. The van der Waals surface area contributed by atoms with Crippen LogP contribution in [0.2, 0.25) is 5.02 Å². The third-order valence-electron chi connectivity index (χ3n) is 3.88. The van der Waals surface area contributed by atoms with Crippen LogP contribution in [0.25, 0.3) is 10.4 Å². The normalized spacial score (nSPS) is 11.5. The van der Waals surface area contributed by atoms with Crippen LogP contribution in [0.15, 0.2) is 59.5 Å². The number of rotatable bonds is 5. The summed E-state index contributed by atoms with van der Waals surface area (Å²) in [5.74, 6) is -1.50. The molecule has 0 fully saturated rings. The van der Waals surface area contributed by atoms with E-state index >= 15 is 0 Å². The lowest BCUT2D eigenvalue weighted by molar-refractivity contribution is 0.0701. The van der Waals surface area contributed by atoms with Crippen molar-refractivity contribution in [1.29, 1.82) is 0 Å². The third-order valence-corrected chi connectivity index (χ3v) is 7.15. The van der Waals surface area contributed by atoms with Gasteiger partial charge in [0.2, 0.25) is 0 Å². The van der Waals surface area contributed by atoms with Gasteiger partial charge in [0.1, 0.15) is 4.88 Å². The summed E-state index contributed by atoms with van der Waals surface area (Å²) < 4.78 is 25.6. The van der Waals surface area contributed by atoms with Gasteiger partial charge in [0.25, 0.3) is 0 Å². The Bertz CT molecular complexity index is 1070. The molecule has 0 atom stereocenters. The first-order chi connectivity index (χ1) is 12.3. The molecule has 1 aromatic heterocycles. The average Bonchev–Trinajstić information content (AvgIpc) is 2.98. The Morgan fingerprint density at radius 2 is 1.81 bits per heavy atom. The van der Waals surface area contributed by atoms with Crippen LogP contribution in [0.1, 0.15) is 20.8 Å². The first kappa shape index (κ1) is 18.6. The zero-order valence-corrected chi connectivity index (χ0v) is 16.2. The molecule has 1 heterocycles. The van der Waals surface area contributed by atoms with Gasteiger partial charge in [-0.05, 0) is 47.9 Å². The van der Waals surface area contributed by atoms with Gasteiger partial charge in [-0.1, -0.05) is 41.9 Å². The van der Waals surface area contributed by atoms with Crippen molar-refractivity contribution >= 4 is 38.7 Å². The second-order valence-corrected chi connectivity index (χ2v) is 9.25. The topological polar surface area (TPSA) is 71.4 Å². The Morgan fingerprint density at radius 1 is 1.12 bits per heavy atom. The number of carboxylic acids is 1. The molecule has 0 aliphatic heterocycles. The first-order valence-corrected chi connectivity index (χ1v) is 10.5. The van der Waals surface area contributed by atoms with Crippen molar-refractivity contribution in [2.24, 2.45) is 0 Å². The Morgan fingerprint density at radius 3 is 2.42 bits per heavy atom. The number of benzene rings is 2. The van der Waals surface area contributed by atoms with E-state index in [0.717, 1.165) is 21.8 Å². The molecule has 1 N–H and O–H groups in total. The predicted molar refractivity (Wildman–Crippen MR) is 104 cm³/mol. The molecule has 134 valence electrons. The molecule has 7 heteroatoms. The monoisotopic (exact) mass is 406 g/mol. The molecule has 4 nitrogen and oxygen atoms in total. The summed E-state index contributed by atoms with van der Waals surface area (Å²) in [5.41, 5.74) is 1.68. The SMILES string of the molecule is Cc1cc(Cl)ccc1S(=O)(=O)Cc1cc(-c2ccccc2)sc1C(=O)O. The molecule has 3 rings (SSSR count). The van der Waals surface area contributed by atoms with Gasteiger partial charge in [-0.3, -0.25) is 0 Å². The Labute approximate surface area is 160 Å². The summed E-state index contributed by atoms with van der Waals surface area (Å²) in [7, 11) is -3.70. The molecule has 26 heavy (non-hydrogen) atoms. The molecule has 0 bridgehead atoms. The summed E-state index contributed by atoms with van der Waals surface area (Å²) in [4.78, 5) is 12.5. The summed E-state index contributed by atoms with van der Waals surface area (Å²) in [6.45, 7) is 1.67. The number of carbonyl (C=O) groups is 1. The minimum absolute atomic E-state index is 0.0408. The maximum atomic E-state index is 12.8. The van der Waals surface area contributed by atoms with Gasteiger partial charge in [-0.2, -0.15) is 0 Å². The molecule has 0 saturated carbocycles. The zero-order valence-electron chi connectivity index (χ0n) is 13.8. The summed E-state index contributed by atoms with van der Waals surface area (Å²) in [5, 5.41) is 9.94. The van der Waals surface area contributed by atoms with Crippen molar-refractivity contribution in [2.45, 2.75) is 17.6 Å². The molecule has 0 saturated heterocycles. The summed E-state index contributed by atoms with van der Waals surface area (Å²) >= 11 is 6.97. The van der Waals surface area contributed by atoms with E-state index in [1.54, 1.807) is 19.1 Å². The van der Waals surface area contributed by atoms with E-state index in [2.05, 4.69) is 0 Å². The van der Waals surface area contributed by atoms with Crippen LogP contribution in [0.3, 0.4) is 0 Å². The van der Waals surface area contributed by atoms with Gasteiger partial charge >= 0.3 is 5.97 Å². The van der Waals surface area contributed by atoms with Crippen LogP contribution in [0.5, 0.6) is 0 Å². The number of hydrogen-bond donors (Lipinski definition) is 1. The van der Waals surface area contributed by atoms with Gasteiger partial charge in [-0.25, -0.2) is 13.2 Å². The van der Waals surface area contributed by atoms with Gasteiger partial charge in [0.05, 0.1) is 10.6 Å². The largest absolute Gasteiger partial charge is 0.477 e. The van der Waals surface area contributed by atoms with E-state index < -0.39 is 15.8 Å². The second kappa shape index (κ2) is 7.23. The number of carboxylic acid groups (broad SMARTS) is 1. The van der Waals surface area contributed by atoms with Gasteiger partial charge in [-0.15, -0.1) is 11.3 Å². The van der Waals surface area contributed by atoms with Crippen LogP contribution >= 0.6 is 22.9 Å². The maximum absolute atomic E-state index is 12.8. The molecule has 0 aliphatic rings. The van der Waals surface area contributed by atoms with E-state index in [1.807, 2.05) is 30.3 Å². The quantitative estimate of drug-likeness (QED) is 0.643. The Kier molecular flexibility index (Phi) is 5.18. The van der Waals surface area contributed by atoms with Gasteiger partial charge in [0.15, 0.2) is 9.84 Å². The number of aromatic carboxylic acids is 1. The highest BCUT2D eigenvalue weighted by Gasteiger charge is 2.24. The summed E-state index contributed by atoms with van der Waals surface area (Å²) in [6, 6.07) is 15.5. The van der Waals surface area contributed by atoms with E-state index in [-0.39, 0.29) is 21.1 Å². The van der Waals surface area contributed by atoms with Crippen LogP contribution in [-0.4, -0.2) is 19.5 Å². The lowest BCUT2D eigenvalue weighted by Crippen LogP contribution is -2.09. The Hall–Kier alpha value is -2.15. The number of hydrogen-bond acceptors (Lipinski definition) is 4. The molecule has 0 aliphatic carbocycles. The van der Waals surface area contributed by atoms with Crippen LogP contribution in [-0.2, 0) is 15.6 Å². The third kappa shape index (κ3) is 3.82. The van der Waals surface area contributed by atoms with E-state index in [4.69, 9.17) is 11.6 Å². The highest BCUT2D eigenvalue weighted by molar-refractivity contribution is 7.90. The van der Waals surface area contributed by atoms with E-state index in [0.29, 0.717) is 10.6 Å².